The first-order valence-electron chi connectivity index (χ1n) is 6.90. The number of carbonyl (C=O) groups is 2. The number of nitrogens with two attached hydrogens (primary N) is 5. The zero-order chi connectivity index (χ0) is 16.3. The number of nitrogens with zero attached hydrogens (tertiary/aromatic N) is 1. The quantitative estimate of drug-likeness (QED) is 0.0733. The molecule has 130 valence electrons. The van der Waals surface area contributed by atoms with Crippen molar-refractivity contribution in [1.29, 1.82) is 0 Å². The zero-order valence-corrected chi connectivity index (χ0v) is 13.6. The van der Waals surface area contributed by atoms with Crippen LogP contribution in [-0.4, -0.2) is 43.1 Å². The number of carbonyl (C=O) groups excluding carboxylic acids is 2. The molecule has 2 atom stereocenters. The van der Waals surface area contributed by atoms with Gasteiger partial charge in [0.2, 0.25) is 0 Å². The molecule has 10 heteroatoms. The molecule has 0 spiro atoms. The van der Waals surface area contributed by atoms with E-state index in [4.69, 9.17) is 28.7 Å². The molecule has 0 saturated heterocycles. The van der Waals surface area contributed by atoms with Crippen molar-refractivity contribution in [3.63, 3.8) is 0 Å². The summed E-state index contributed by atoms with van der Waals surface area (Å²) >= 11 is 0. The van der Waals surface area contributed by atoms with Crippen LogP contribution in [0.5, 0.6) is 0 Å². The second-order valence-electron chi connectivity index (χ2n) is 4.69. The molecule has 0 amide bonds. The summed E-state index contributed by atoms with van der Waals surface area (Å²) in [5.41, 5.74) is 26.9. The zero-order valence-electron chi connectivity index (χ0n) is 12.5. The van der Waals surface area contributed by atoms with Crippen LogP contribution >= 0.6 is 0 Å². The Hall–Kier alpha value is -1.19. The van der Waals surface area contributed by atoms with Gasteiger partial charge in [-0.15, -0.1) is 0 Å². The standard InChI is InChI=1S/C12H26N6O3.Fe/c13-6-2-1-4-8(14)10(19)21-11(20)9(15)5-3-7-18-12(16)17;/h8-9H,1-7,13-15H2,(H4,16,17,18);/t8-,9-;/m0./s1. The Morgan fingerprint density at radius 3 is 1.91 bits per heavy atom. The number of hydrogen-bond acceptors (Lipinski definition) is 7. The van der Waals surface area contributed by atoms with Crippen LogP contribution in [0.4, 0.5) is 0 Å². The van der Waals surface area contributed by atoms with Crippen LogP contribution in [0.3, 0.4) is 0 Å². The maximum absolute atomic E-state index is 11.6. The fraction of sp³-hybridized carbons (Fsp3) is 0.750. The van der Waals surface area contributed by atoms with Gasteiger partial charge >= 0.3 is 11.9 Å². The molecule has 9 nitrogen and oxygen atoms in total. The van der Waals surface area contributed by atoms with Crippen molar-refractivity contribution >= 4 is 17.9 Å². The summed E-state index contributed by atoms with van der Waals surface area (Å²) < 4.78 is 4.64. The third-order valence-electron chi connectivity index (χ3n) is 2.74. The molecular weight excluding hydrogens is 332 g/mol. The number of esters is 2. The molecule has 0 aromatic rings. The van der Waals surface area contributed by atoms with Crippen LogP contribution in [0.15, 0.2) is 4.99 Å². The number of rotatable bonds is 10. The fourth-order valence-corrected chi connectivity index (χ4v) is 1.51. The smallest absolute Gasteiger partial charge is 0.330 e. The Kier molecular flexibility index (Phi) is 14.1. The first-order valence-corrected chi connectivity index (χ1v) is 6.90. The molecule has 0 rings (SSSR count). The van der Waals surface area contributed by atoms with E-state index in [2.05, 4.69) is 9.73 Å². The molecule has 22 heavy (non-hydrogen) atoms. The molecule has 0 radical (unpaired) electrons. The second kappa shape index (κ2) is 13.5. The molecule has 0 bridgehead atoms. The summed E-state index contributed by atoms with van der Waals surface area (Å²) in [6, 6.07) is -1.74. The average molecular weight is 358 g/mol. The van der Waals surface area contributed by atoms with E-state index in [-0.39, 0.29) is 23.0 Å². The topological polar surface area (TPSA) is 186 Å². The summed E-state index contributed by atoms with van der Waals surface area (Å²) in [6.07, 6.45) is 2.70. The van der Waals surface area contributed by atoms with Gasteiger partial charge in [0.05, 0.1) is 0 Å². The van der Waals surface area contributed by atoms with E-state index in [1.54, 1.807) is 0 Å². The maximum Gasteiger partial charge on any atom is 0.330 e. The first-order chi connectivity index (χ1) is 9.88. The molecule has 0 unspecified atom stereocenters. The summed E-state index contributed by atoms with van der Waals surface area (Å²) in [5.74, 6) is -1.58. The van der Waals surface area contributed by atoms with Gasteiger partial charge < -0.3 is 33.4 Å². The maximum atomic E-state index is 11.6. The predicted octanol–water partition coefficient (Wildman–Crippen LogP) is -2.11. The number of guanidine groups is 1. The second-order valence-corrected chi connectivity index (χ2v) is 4.69. The van der Waals surface area contributed by atoms with Crippen molar-refractivity contribution < 1.29 is 31.4 Å². The normalized spacial score (nSPS) is 12.7. The largest absolute Gasteiger partial charge is 0.391 e. The summed E-state index contributed by atoms with van der Waals surface area (Å²) in [4.78, 5) is 26.9. The van der Waals surface area contributed by atoms with Crippen LogP contribution < -0.4 is 28.7 Å². The molecule has 0 fully saturated rings. The van der Waals surface area contributed by atoms with Gasteiger partial charge in [-0.05, 0) is 32.2 Å². The van der Waals surface area contributed by atoms with Gasteiger partial charge in [-0.1, -0.05) is 6.42 Å². The van der Waals surface area contributed by atoms with E-state index in [9.17, 15) is 9.59 Å². The molecule has 0 aromatic heterocycles. The summed E-state index contributed by atoms with van der Waals surface area (Å²) in [7, 11) is 0. The monoisotopic (exact) mass is 358 g/mol. The van der Waals surface area contributed by atoms with Gasteiger partial charge in [0, 0.05) is 23.6 Å². The van der Waals surface area contributed by atoms with E-state index in [1.807, 2.05) is 0 Å². The molecular formula is C12H26FeN6O3. The molecule has 0 aliphatic carbocycles. The van der Waals surface area contributed by atoms with E-state index in [0.717, 1.165) is 6.42 Å². The number of ether oxygens (including phenoxy) is 1. The Morgan fingerprint density at radius 2 is 1.45 bits per heavy atom. The summed E-state index contributed by atoms with van der Waals surface area (Å²) in [5, 5.41) is 0. The third kappa shape index (κ3) is 11.5. The van der Waals surface area contributed by atoms with Crippen LogP contribution in [0, 0.1) is 0 Å². The van der Waals surface area contributed by atoms with Gasteiger partial charge in [-0.25, -0.2) is 9.59 Å². The summed E-state index contributed by atoms with van der Waals surface area (Å²) in [6.45, 7) is 0.886. The number of unbranched alkanes of at least 4 members (excludes halogenated alkanes) is 1. The Balaban J connectivity index is 0. The van der Waals surface area contributed by atoms with Gasteiger partial charge in [0.1, 0.15) is 12.1 Å². The van der Waals surface area contributed by atoms with Crippen molar-refractivity contribution in [1.82, 2.24) is 0 Å². The van der Waals surface area contributed by atoms with E-state index < -0.39 is 24.0 Å². The average Bonchev–Trinajstić information content (AvgIpc) is 2.43. The molecule has 0 aliphatic heterocycles. The fourth-order valence-electron chi connectivity index (χ4n) is 1.51. The van der Waals surface area contributed by atoms with Crippen LogP contribution in [0.1, 0.15) is 32.1 Å². The molecule has 0 aliphatic rings. The van der Waals surface area contributed by atoms with Crippen LogP contribution in [0.2, 0.25) is 0 Å². The minimum atomic E-state index is -0.903. The van der Waals surface area contributed by atoms with E-state index in [0.29, 0.717) is 38.8 Å². The van der Waals surface area contributed by atoms with Crippen molar-refractivity contribution in [2.45, 2.75) is 44.2 Å². The van der Waals surface area contributed by atoms with Gasteiger partial charge in [0.25, 0.3) is 0 Å². The van der Waals surface area contributed by atoms with Crippen molar-refractivity contribution in [2.75, 3.05) is 13.1 Å². The van der Waals surface area contributed by atoms with Gasteiger partial charge in [0.15, 0.2) is 5.96 Å². The molecule has 0 aromatic carbocycles. The predicted molar refractivity (Wildman–Crippen MR) is 79.9 cm³/mol. The van der Waals surface area contributed by atoms with E-state index in [1.165, 1.54) is 0 Å². The van der Waals surface area contributed by atoms with Crippen molar-refractivity contribution in [3.8, 4) is 0 Å². The van der Waals surface area contributed by atoms with Crippen molar-refractivity contribution in [2.24, 2.45) is 33.7 Å². The SMILES string of the molecule is NCCCC[C@H](N)C(=O)OC(=O)[C@@H](N)CCCN=C(N)N.[Fe]. The Morgan fingerprint density at radius 1 is 0.955 bits per heavy atom. The third-order valence-corrected chi connectivity index (χ3v) is 2.74. The van der Waals surface area contributed by atoms with Crippen LogP contribution in [0.25, 0.3) is 0 Å². The van der Waals surface area contributed by atoms with Crippen molar-refractivity contribution in [3.05, 3.63) is 0 Å². The number of aliphatic imine (C=N–C) groups is 1. The molecule has 0 heterocycles. The van der Waals surface area contributed by atoms with Gasteiger partial charge in [-0.2, -0.15) is 0 Å². The van der Waals surface area contributed by atoms with Crippen LogP contribution in [-0.2, 0) is 31.4 Å². The first kappa shape index (κ1) is 23.1. The number of hydrogen-bond donors (Lipinski definition) is 5. The van der Waals surface area contributed by atoms with Gasteiger partial charge in [-0.3, -0.25) is 4.99 Å². The minimum Gasteiger partial charge on any atom is -0.391 e. The molecule has 0 saturated carbocycles. The molecule has 10 N–H and O–H groups in total. The Labute approximate surface area is 140 Å². The minimum absolute atomic E-state index is 0. The van der Waals surface area contributed by atoms with E-state index >= 15 is 0 Å². The Bertz CT molecular complexity index is 363.